The number of aryl methyl sites for hydroxylation is 2. The highest BCUT2D eigenvalue weighted by Gasteiger charge is 2.67. The second kappa shape index (κ2) is 6.84. The van der Waals surface area contributed by atoms with Gasteiger partial charge in [-0.1, -0.05) is 47.6 Å². The molecule has 2 fully saturated rings. The molecule has 1 N–H and O–H groups in total. The van der Waals surface area contributed by atoms with E-state index in [0.717, 1.165) is 12.8 Å². The van der Waals surface area contributed by atoms with Gasteiger partial charge in [0.15, 0.2) is 5.82 Å². The molecular weight excluding hydrogens is 370 g/mol. The van der Waals surface area contributed by atoms with Gasteiger partial charge >= 0.3 is 0 Å². The lowest BCUT2D eigenvalue weighted by atomic mass is 9.77. The van der Waals surface area contributed by atoms with Crippen LogP contribution >= 0.6 is 0 Å². The fourth-order valence-corrected chi connectivity index (χ4v) is 4.74. The Balaban J connectivity index is 1.26. The first kappa shape index (κ1) is 18.1. The van der Waals surface area contributed by atoms with Crippen molar-refractivity contribution < 1.29 is 18.8 Å². The molecule has 5 rings (SSSR count). The van der Waals surface area contributed by atoms with E-state index in [1.807, 2.05) is 30.4 Å². The Bertz CT molecular complexity index is 969. The predicted octanol–water partition coefficient (Wildman–Crippen LogP) is 2.02. The molecule has 1 spiro atoms. The highest BCUT2D eigenvalue weighted by Crippen LogP contribution is 2.52. The quantitative estimate of drug-likeness (QED) is 0.600. The van der Waals surface area contributed by atoms with Gasteiger partial charge in [-0.2, -0.15) is 0 Å². The minimum atomic E-state index is -0.749. The summed E-state index contributed by atoms with van der Waals surface area (Å²) < 4.78 is 11.2. The number of aromatic nitrogens is 1. The van der Waals surface area contributed by atoms with Crippen molar-refractivity contribution >= 4 is 17.6 Å². The van der Waals surface area contributed by atoms with E-state index in [1.54, 1.807) is 17.9 Å². The summed E-state index contributed by atoms with van der Waals surface area (Å²) in [5.41, 5.74) is 0.497. The largest absolute Gasteiger partial charge is 0.360 e. The molecule has 2 bridgehead atoms. The Labute approximate surface area is 168 Å². The zero-order chi connectivity index (χ0) is 20.0. The fraction of sp³-hybridized carbons (Fsp3) is 0.409. The maximum absolute atomic E-state index is 13.2. The maximum Gasteiger partial charge on any atom is 0.235 e. The molecule has 4 atom stereocenters. The average Bonchev–Trinajstić information content (AvgIpc) is 3.47. The summed E-state index contributed by atoms with van der Waals surface area (Å²) in [5, 5.41) is 6.97. The summed E-state index contributed by atoms with van der Waals surface area (Å²) in [6.45, 7) is 2.71. The standard InChI is InChI=1S/C22H23N3O4/c1-14-12-17(24-29-14)25-13-22-10-9-16(28-22)18(19(22)21(25)27)20(26)23-11-5-8-15-6-3-2-4-7-15/h2-4,6-7,9-10,12,16,18-19H,5,8,11,13H2,1H3,(H,23,26)/t16-,18+,19+,22-/m1/s1. The van der Waals surface area contributed by atoms with E-state index in [1.165, 1.54) is 5.56 Å². The fourth-order valence-electron chi connectivity index (χ4n) is 4.74. The maximum atomic E-state index is 13.2. The summed E-state index contributed by atoms with van der Waals surface area (Å²) in [7, 11) is 0. The number of anilines is 1. The van der Waals surface area contributed by atoms with Gasteiger partial charge in [0, 0.05) is 12.6 Å². The third kappa shape index (κ3) is 2.97. The Morgan fingerprint density at radius 2 is 2.17 bits per heavy atom. The summed E-state index contributed by atoms with van der Waals surface area (Å²) in [6, 6.07) is 11.9. The van der Waals surface area contributed by atoms with E-state index in [9.17, 15) is 9.59 Å². The lowest BCUT2D eigenvalue weighted by molar-refractivity contribution is -0.131. The number of carbonyl (C=O) groups is 2. The topological polar surface area (TPSA) is 84.7 Å². The summed E-state index contributed by atoms with van der Waals surface area (Å²) in [6.07, 6.45) is 5.25. The molecule has 4 heterocycles. The van der Waals surface area contributed by atoms with Crippen LogP contribution in [0.1, 0.15) is 17.7 Å². The SMILES string of the molecule is Cc1cc(N2C[C@@]34C=C[C@@H](O3)[C@H](C(=O)NCCCc3ccccc3)[C@H]4C2=O)no1. The lowest BCUT2D eigenvalue weighted by Gasteiger charge is -2.23. The molecule has 3 aliphatic rings. The Hall–Kier alpha value is -2.93. The van der Waals surface area contributed by atoms with Crippen LogP contribution in [0.3, 0.4) is 0 Å². The summed E-state index contributed by atoms with van der Waals surface area (Å²) >= 11 is 0. The van der Waals surface area contributed by atoms with Crippen molar-refractivity contribution in [3.63, 3.8) is 0 Å². The van der Waals surface area contributed by atoms with Crippen molar-refractivity contribution in [1.29, 1.82) is 0 Å². The van der Waals surface area contributed by atoms with E-state index >= 15 is 0 Å². The second-order valence-corrected chi connectivity index (χ2v) is 8.00. The lowest BCUT2D eigenvalue weighted by Crippen LogP contribution is -2.44. The van der Waals surface area contributed by atoms with Crippen LogP contribution in [0.5, 0.6) is 0 Å². The summed E-state index contributed by atoms with van der Waals surface area (Å²) in [5.74, 6) is -0.180. The number of fused-ring (bicyclic) bond motifs is 1. The molecule has 7 heteroatoms. The van der Waals surface area contributed by atoms with Crippen LogP contribution in [0.4, 0.5) is 5.82 Å². The van der Waals surface area contributed by atoms with Gasteiger partial charge in [-0.3, -0.25) is 14.5 Å². The molecule has 0 radical (unpaired) electrons. The number of ether oxygens (including phenoxy) is 1. The van der Waals surface area contributed by atoms with Gasteiger partial charge in [0.2, 0.25) is 11.8 Å². The van der Waals surface area contributed by atoms with Crippen LogP contribution < -0.4 is 10.2 Å². The van der Waals surface area contributed by atoms with Crippen LogP contribution in [0, 0.1) is 18.8 Å². The molecule has 0 aliphatic carbocycles. The van der Waals surface area contributed by atoms with Crippen molar-refractivity contribution in [2.24, 2.45) is 11.8 Å². The minimum absolute atomic E-state index is 0.120. The van der Waals surface area contributed by atoms with Gasteiger partial charge in [0.05, 0.1) is 24.5 Å². The zero-order valence-corrected chi connectivity index (χ0v) is 16.2. The van der Waals surface area contributed by atoms with Crippen LogP contribution in [0.2, 0.25) is 0 Å². The Morgan fingerprint density at radius 3 is 2.93 bits per heavy atom. The third-order valence-corrected chi connectivity index (χ3v) is 6.08. The molecule has 3 aliphatic heterocycles. The van der Waals surface area contributed by atoms with Gasteiger partial charge in [0.25, 0.3) is 0 Å². The number of nitrogens with one attached hydrogen (secondary N) is 1. The highest BCUT2D eigenvalue weighted by molar-refractivity contribution is 6.02. The van der Waals surface area contributed by atoms with Crippen molar-refractivity contribution in [2.45, 2.75) is 31.5 Å². The molecule has 150 valence electrons. The molecule has 0 unspecified atom stereocenters. The van der Waals surface area contributed by atoms with Crippen molar-refractivity contribution in [3.8, 4) is 0 Å². The van der Waals surface area contributed by atoms with Gasteiger partial charge in [-0.25, -0.2) is 0 Å². The first-order valence-corrected chi connectivity index (χ1v) is 10.0. The Morgan fingerprint density at radius 1 is 1.34 bits per heavy atom. The van der Waals surface area contributed by atoms with E-state index < -0.39 is 17.4 Å². The monoisotopic (exact) mass is 393 g/mol. The van der Waals surface area contributed by atoms with Gasteiger partial charge in [0.1, 0.15) is 11.4 Å². The predicted molar refractivity (Wildman–Crippen MR) is 105 cm³/mol. The van der Waals surface area contributed by atoms with Crippen LogP contribution in [0.25, 0.3) is 0 Å². The Kier molecular flexibility index (Phi) is 4.28. The molecule has 1 aromatic heterocycles. The highest BCUT2D eigenvalue weighted by atomic mass is 16.5. The first-order valence-electron chi connectivity index (χ1n) is 10.0. The van der Waals surface area contributed by atoms with E-state index in [0.29, 0.717) is 24.7 Å². The van der Waals surface area contributed by atoms with Gasteiger partial charge in [-0.15, -0.1) is 0 Å². The van der Waals surface area contributed by atoms with Crippen LogP contribution in [0.15, 0.2) is 53.1 Å². The average molecular weight is 393 g/mol. The van der Waals surface area contributed by atoms with Crippen molar-refractivity contribution in [1.82, 2.24) is 10.5 Å². The number of carbonyl (C=O) groups excluding carboxylic acids is 2. The zero-order valence-electron chi connectivity index (χ0n) is 16.2. The van der Waals surface area contributed by atoms with Crippen molar-refractivity contribution in [2.75, 3.05) is 18.0 Å². The molecule has 29 heavy (non-hydrogen) atoms. The number of rotatable bonds is 6. The van der Waals surface area contributed by atoms with Crippen LogP contribution in [-0.2, 0) is 20.7 Å². The molecule has 2 amide bonds. The first-order chi connectivity index (χ1) is 14.1. The molecule has 7 nitrogen and oxygen atoms in total. The second-order valence-electron chi connectivity index (χ2n) is 8.00. The van der Waals surface area contributed by atoms with E-state index in [-0.39, 0.29) is 17.9 Å². The molecule has 1 aromatic carbocycles. The molecule has 2 aromatic rings. The number of benzene rings is 1. The third-order valence-electron chi connectivity index (χ3n) is 6.08. The number of nitrogens with zero attached hydrogens (tertiary/aromatic N) is 2. The molecule has 2 saturated heterocycles. The van der Waals surface area contributed by atoms with Gasteiger partial charge in [-0.05, 0) is 25.3 Å². The van der Waals surface area contributed by atoms with E-state index in [2.05, 4.69) is 22.6 Å². The minimum Gasteiger partial charge on any atom is -0.360 e. The normalized spacial score (nSPS) is 29.5. The number of amides is 2. The van der Waals surface area contributed by atoms with Crippen LogP contribution in [-0.4, -0.2) is 41.8 Å². The number of hydrogen-bond acceptors (Lipinski definition) is 5. The van der Waals surface area contributed by atoms with E-state index in [4.69, 9.17) is 9.26 Å². The number of hydrogen-bond donors (Lipinski definition) is 1. The van der Waals surface area contributed by atoms with Gasteiger partial charge < -0.3 is 14.6 Å². The smallest absolute Gasteiger partial charge is 0.235 e. The van der Waals surface area contributed by atoms with Crippen molar-refractivity contribution in [3.05, 3.63) is 59.9 Å². The molecule has 0 saturated carbocycles. The summed E-state index contributed by atoms with van der Waals surface area (Å²) in [4.78, 5) is 27.7. The molecular formula is C22H23N3O4.